The van der Waals surface area contributed by atoms with E-state index in [-0.39, 0.29) is 12.7 Å². The number of halogens is 3. The van der Waals surface area contributed by atoms with Gasteiger partial charge in [0.25, 0.3) is 0 Å². The molecule has 0 radical (unpaired) electrons. The minimum absolute atomic E-state index is 0.209. The Hall–Kier alpha value is -1.71. The van der Waals surface area contributed by atoms with Gasteiger partial charge in [0.15, 0.2) is 0 Å². The summed E-state index contributed by atoms with van der Waals surface area (Å²) in [7, 11) is 2.57. The minimum Gasteiger partial charge on any atom is -0.467 e. The molecule has 1 rings (SSSR count). The number of aliphatic imine (C=N–C) groups is 1. The number of methoxy groups -OCH3 is 1. The number of amides is 2. The summed E-state index contributed by atoms with van der Waals surface area (Å²) >= 11 is 0. The molecule has 0 aromatic rings. The van der Waals surface area contributed by atoms with Crippen LogP contribution in [-0.4, -0.2) is 50.2 Å². The number of hydrazine groups is 1. The van der Waals surface area contributed by atoms with Crippen molar-refractivity contribution in [1.82, 2.24) is 21.1 Å². The molecule has 1 heterocycles. The Morgan fingerprint density at radius 2 is 2.29 bits per heavy atom. The van der Waals surface area contributed by atoms with Crippen molar-refractivity contribution in [2.24, 2.45) is 4.99 Å². The van der Waals surface area contributed by atoms with Gasteiger partial charge in [-0.2, -0.15) is 18.6 Å². The van der Waals surface area contributed by atoms with Crippen molar-refractivity contribution in [3.8, 4) is 0 Å². The number of nitrogens with zero attached hydrogens (tertiary/aromatic N) is 2. The van der Waals surface area contributed by atoms with Crippen molar-refractivity contribution >= 4 is 12.1 Å². The van der Waals surface area contributed by atoms with E-state index in [1.807, 2.05) is 5.43 Å². The maximum Gasteiger partial charge on any atom is 0.425 e. The van der Waals surface area contributed by atoms with E-state index in [2.05, 4.69) is 20.4 Å². The molecule has 0 bridgehead atoms. The molecule has 1 atom stereocenters. The smallest absolute Gasteiger partial charge is 0.425 e. The van der Waals surface area contributed by atoms with Crippen LogP contribution in [0.1, 0.15) is 0 Å². The van der Waals surface area contributed by atoms with E-state index >= 15 is 0 Å². The van der Waals surface area contributed by atoms with Crippen LogP contribution < -0.4 is 16.1 Å². The fraction of sp³-hybridized carbons (Fsp3) is 0.714. The second-order valence-electron chi connectivity index (χ2n) is 3.03. The first kappa shape index (κ1) is 13.4. The van der Waals surface area contributed by atoms with Gasteiger partial charge in [-0.05, 0) is 0 Å². The number of urea groups is 1. The second kappa shape index (κ2) is 5.08. The Balaban J connectivity index is 2.58. The van der Waals surface area contributed by atoms with Crippen molar-refractivity contribution in [3.63, 3.8) is 0 Å². The van der Waals surface area contributed by atoms with Crippen LogP contribution in [0.2, 0.25) is 0 Å². The zero-order chi connectivity index (χ0) is 13.1. The Labute approximate surface area is 95.0 Å². The van der Waals surface area contributed by atoms with Crippen LogP contribution in [0.4, 0.5) is 18.0 Å². The van der Waals surface area contributed by atoms with E-state index in [9.17, 15) is 18.0 Å². The summed E-state index contributed by atoms with van der Waals surface area (Å²) in [6, 6.07) is -0.776. The first-order chi connectivity index (χ1) is 7.88. The van der Waals surface area contributed by atoms with E-state index in [1.54, 1.807) is 0 Å². The predicted molar refractivity (Wildman–Crippen MR) is 51.7 cm³/mol. The molecular formula is C7H12F3N5O2. The lowest BCUT2D eigenvalue weighted by molar-refractivity contribution is -0.158. The third-order valence-corrected chi connectivity index (χ3v) is 1.87. The summed E-state index contributed by atoms with van der Waals surface area (Å²) < 4.78 is 41.7. The highest BCUT2D eigenvalue weighted by molar-refractivity contribution is 5.77. The Bertz CT molecular complexity index is 319. The molecule has 98 valence electrons. The molecule has 0 saturated carbocycles. The number of hydrogen-bond acceptors (Lipinski definition) is 5. The lowest BCUT2D eigenvalue weighted by Crippen LogP contribution is -2.51. The second-order valence-corrected chi connectivity index (χ2v) is 3.03. The van der Waals surface area contributed by atoms with Gasteiger partial charge in [-0.25, -0.2) is 14.8 Å². The summed E-state index contributed by atoms with van der Waals surface area (Å²) in [5.74, 6) is 0. The molecule has 2 amide bonds. The van der Waals surface area contributed by atoms with Crippen molar-refractivity contribution in [1.29, 1.82) is 0 Å². The maximum atomic E-state index is 12.4. The van der Waals surface area contributed by atoms with Crippen LogP contribution in [0, 0.1) is 0 Å². The maximum absolute atomic E-state index is 12.4. The van der Waals surface area contributed by atoms with E-state index in [0.717, 1.165) is 5.01 Å². The van der Waals surface area contributed by atoms with Crippen molar-refractivity contribution < 1.29 is 22.7 Å². The number of carbonyl (C=O) groups excluding carboxylic acids is 1. The van der Waals surface area contributed by atoms with Gasteiger partial charge < -0.3 is 15.4 Å². The number of nitrogens with one attached hydrogen (secondary N) is 3. The lowest BCUT2D eigenvalue weighted by Gasteiger charge is -2.21. The Morgan fingerprint density at radius 1 is 1.65 bits per heavy atom. The number of hydrogen-bond donors (Lipinski definition) is 3. The number of rotatable bonds is 2. The van der Waals surface area contributed by atoms with E-state index in [4.69, 9.17) is 0 Å². The molecule has 1 unspecified atom stereocenters. The van der Waals surface area contributed by atoms with E-state index in [1.165, 1.54) is 14.2 Å². The van der Waals surface area contributed by atoms with Gasteiger partial charge in [0, 0.05) is 7.05 Å². The van der Waals surface area contributed by atoms with Crippen LogP contribution in [-0.2, 0) is 4.74 Å². The predicted octanol–water partition coefficient (Wildman–Crippen LogP) is -0.416. The number of alkyl halides is 3. The van der Waals surface area contributed by atoms with E-state index in [0.29, 0.717) is 0 Å². The molecule has 0 aromatic carbocycles. The molecule has 0 aliphatic carbocycles. The monoisotopic (exact) mass is 255 g/mol. The zero-order valence-electron chi connectivity index (χ0n) is 9.13. The lowest BCUT2D eigenvalue weighted by atomic mass is 10.5. The summed E-state index contributed by atoms with van der Waals surface area (Å²) in [5, 5.41) is 5.50. The molecule has 0 spiro atoms. The fourth-order valence-electron chi connectivity index (χ4n) is 1.07. The van der Waals surface area contributed by atoms with Gasteiger partial charge in [-0.3, -0.25) is 0 Å². The molecule has 3 N–H and O–H groups in total. The van der Waals surface area contributed by atoms with Crippen LogP contribution in [0.5, 0.6) is 0 Å². The molecule has 0 fully saturated rings. The van der Waals surface area contributed by atoms with Gasteiger partial charge in [0.1, 0.15) is 6.67 Å². The standard InChI is InChI=1S/C7H12F3N5O2/c1-11-5(16)12-3-15-6(17-2)13-4(14-15)7(8,9)10/h4,14H,3H2,1-2H3,(H2,11,12,16). The van der Waals surface area contributed by atoms with Gasteiger partial charge in [0.05, 0.1) is 7.11 Å². The summed E-state index contributed by atoms with van der Waals surface area (Å²) in [6.45, 7) is -0.209. The molecule has 0 saturated heterocycles. The van der Waals surface area contributed by atoms with Gasteiger partial charge in [-0.1, -0.05) is 0 Å². The average Bonchev–Trinajstić information content (AvgIpc) is 2.68. The normalized spacial score (nSPS) is 19.9. The fourth-order valence-corrected chi connectivity index (χ4v) is 1.07. The van der Waals surface area contributed by atoms with Crippen LogP contribution in [0.3, 0.4) is 0 Å². The Morgan fingerprint density at radius 3 is 2.76 bits per heavy atom. The average molecular weight is 255 g/mol. The largest absolute Gasteiger partial charge is 0.467 e. The summed E-state index contributed by atoms with van der Waals surface area (Å²) in [4.78, 5) is 14.1. The summed E-state index contributed by atoms with van der Waals surface area (Å²) in [6.07, 6.45) is -6.59. The molecule has 17 heavy (non-hydrogen) atoms. The third-order valence-electron chi connectivity index (χ3n) is 1.87. The number of ether oxygens (including phenoxy) is 1. The SMILES string of the molecule is CNC(=O)NCN1NC(C(F)(F)F)N=C1OC. The highest BCUT2D eigenvalue weighted by Crippen LogP contribution is 2.24. The molecule has 1 aliphatic heterocycles. The Kier molecular flexibility index (Phi) is 3.99. The summed E-state index contributed by atoms with van der Waals surface area (Å²) in [5.41, 5.74) is 2.05. The quantitative estimate of drug-likeness (QED) is 0.626. The number of carbonyl (C=O) groups is 1. The zero-order valence-corrected chi connectivity index (χ0v) is 9.13. The van der Waals surface area contributed by atoms with Crippen molar-refractivity contribution in [3.05, 3.63) is 0 Å². The highest BCUT2D eigenvalue weighted by atomic mass is 19.4. The molecule has 7 nitrogen and oxygen atoms in total. The van der Waals surface area contributed by atoms with Gasteiger partial charge in [0.2, 0.25) is 6.17 Å². The van der Waals surface area contributed by atoms with Gasteiger partial charge >= 0.3 is 18.2 Å². The molecule has 0 aromatic heterocycles. The van der Waals surface area contributed by atoms with Crippen LogP contribution >= 0.6 is 0 Å². The third kappa shape index (κ3) is 3.37. The van der Waals surface area contributed by atoms with Crippen LogP contribution in [0.25, 0.3) is 0 Å². The molecule has 1 aliphatic rings. The van der Waals surface area contributed by atoms with Crippen molar-refractivity contribution in [2.75, 3.05) is 20.8 Å². The topological polar surface area (TPSA) is 78.0 Å². The first-order valence-electron chi connectivity index (χ1n) is 4.56. The van der Waals surface area contributed by atoms with Crippen molar-refractivity contribution in [2.45, 2.75) is 12.3 Å². The molecular weight excluding hydrogens is 243 g/mol. The van der Waals surface area contributed by atoms with Gasteiger partial charge in [-0.15, -0.1) is 0 Å². The molecule has 10 heteroatoms. The van der Waals surface area contributed by atoms with E-state index < -0.39 is 18.4 Å². The minimum atomic E-state index is -4.52. The number of amidine groups is 1. The highest BCUT2D eigenvalue weighted by Gasteiger charge is 2.45. The van der Waals surface area contributed by atoms with Crippen LogP contribution in [0.15, 0.2) is 4.99 Å². The first-order valence-corrected chi connectivity index (χ1v) is 4.56.